The fraction of sp³-hybridized carbons (Fsp3) is 0.278. The number of nitrogens with zero attached hydrogens (tertiary/aromatic N) is 2. The van der Waals surface area contributed by atoms with E-state index in [4.69, 9.17) is 0 Å². The van der Waals surface area contributed by atoms with Crippen LogP contribution in [0.1, 0.15) is 16.8 Å². The maximum Gasteiger partial charge on any atom is 0.320 e. The first kappa shape index (κ1) is 16.0. The molecule has 0 aliphatic carbocycles. The maximum absolute atomic E-state index is 12.3. The normalized spacial score (nSPS) is 12.7. The van der Waals surface area contributed by atoms with Crippen molar-refractivity contribution in [1.29, 1.82) is 0 Å². The van der Waals surface area contributed by atoms with E-state index in [0.717, 1.165) is 28.9 Å². The van der Waals surface area contributed by atoms with Gasteiger partial charge in [-0.1, -0.05) is 18.2 Å². The molecule has 124 valence electrons. The number of anilines is 2. The third-order valence-electron chi connectivity index (χ3n) is 3.93. The van der Waals surface area contributed by atoms with Crippen LogP contribution in [0.3, 0.4) is 0 Å². The van der Waals surface area contributed by atoms with Gasteiger partial charge < -0.3 is 10.2 Å². The molecule has 0 atom stereocenters. The summed E-state index contributed by atoms with van der Waals surface area (Å²) in [6.07, 6.45) is 0.848. The van der Waals surface area contributed by atoms with E-state index in [1.165, 1.54) is 0 Å². The zero-order valence-corrected chi connectivity index (χ0v) is 13.8. The van der Waals surface area contributed by atoms with Crippen LogP contribution in [-0.4, -0.2) is 30.0 Å². The van der Waals surface area contributed by atoms with Gasteiger partial charge in [0.1, 0.15) is 5.82 Å². The van der Waals surface area contributed by atoms with Crippen LogP contribution in [0.15, 0.2) is 36.4 Å². The molecule has 3 amide bonds. The summed E-state index contributed by atoms with van der Waals surface area (Å²) in [6, 6.07) is 11.1. The minimum Gasteiger partial charge on any atom is -0.329 e. The lowest BCUT2D eigenvalue weighted by atomic mass is 10.2. The number of carbonyl (C=O) groups excluding carboxylic acids is 2. The number of hydrogen-bond acceptors (Lipinski definition) is 3. The largest absolute Gasteiger partial charge is 0.329 e. The second-order valence-corrected chi connectivity index (χ2v) is 5.90. The number of benzene rings is 1. The lowest BCUT2D eigenvalue weighted by Crippen LogP contribution is -2.41. The highest BCUT2D eigenvalue weighted by Crippen LogP contribution is 2.27. The van der Waals surface area contributed by atoms with Gasteiger partial charge in [0.25, 0.3) is 0 Å². The van der Waals surface area contributed by atoms with E-state index in [1.807, 2.05) is 44.2 Å². The molecular formula is C18H20N4O2. The highest BCUT2D eigenvalue weighted by molar-refractivity contribution is 5.99. The van der Waals surface area contributed by atoms with Crippen LogP contribution >= 0.6 is 0 Å². The van der Waals surface area contributed by atoms with Crippen LogP contribution in [0.2, 0.25) is 0 Å². The van der Waals surface area contributed by atoms with E-state index in [0.29, 0.717) is 12.4 Å². The van der Waals surface area contributed by atoms with E-state index >= 15 is 0 Å². The molecule has 0 bridgehead atoms. The molecule has 3 rings (SSSR count). The fourth-order valence-corrected chi connectivity index (χ4v) is 2.91. The molecule has 1 aliphatic rings. The zero-order valence-electron chi connectivity index (χ0n) is 13.8. The third kappa shape index (κ3) is 3.53. The van der Waals surface area contributed by atoms with Gasteiger partial charge in [0, 0.05) is 17.9 Å². The van der Waals surface area contributed by atoms with Crippen molar-refractivity contribution in [2.24, 2.45) is 0 Å². The number of fused-ring (bicyclic) bond motifs is 1. The van der Waals surface area contributed by atoms with E-state index < -0.39 is 6.03 Å². The van der Waals surface area contributed by atoms with Crippen molar-refractivity contribution in [3.05, 3.63) is 53.2 Å². The summed E-state index contributed by atoms with van der Waals surface area (Å²) in [5.74, 6) is 0.354. The monoisotopic (exact) mass is 324 g/mol. The van der Waals surface area contributed by atoms with Crippen LogP contribution in [-0.2, 0) is 11.2 Å². The summed E-state index contributed by atoms with van der Waals surface area (Å²) < 4.78 is 0. The number of para-hydroxylation sites is 1. The van der Waals surface area contributed by atoms with E-state index in [2.05, 4.69) is 15.6 Å². The van der Waals surface area contributed by atoms with Crippen LogP contribution < -0.4 is 15.5 Å². The fourth-order valence-electron chi connectivity index (χ4n) is 2.91. The Morgan fingerprint density at radius 3 is 2.79 bits per heavy atom. The minimum absolute atomic E-state index is 0.0506. The Morgan fingerprint density at radius 1 is 1.21 bits per heavy atom. The zero-order chi connectivity index (χ0) is 17.1. The average molecular weight is 324 g/mol. The van der Waals surface area contributed by atoms with E-state index in [1.54, 1.807) is 11.0 Å². The number of pyridine rings is 1. The second kappa shape index (κ2) is 6.70. The molecule has 0 saturated carbocycles. The standard InChI is InChI=1S/C18H20N4O2/c1-12-9-13(2)20-16(10-12)21-18(24)19-11-17(23)22-8-7-14-5-3-4-6-15(14)22/h3-6,9-10H,7-8,11H2,1-2H3,(H2,19,20,21,24). The predicted molar refractivity (Wildman–Crippen MR) is 93.2 cm³/mol. The molecule has 1 aliphatic heterocycles. The predicted octanol–water partition coefficient (Wildman–Crippen LogP) is 2.41. The van der Waals surface area contributed by atoms with Gasteiger partial charge in [-0.2, -0.15) is 0 Å². The number of amides is 3. The lowest BCUT2D eigenvalue weighted by molar-refractivity contribution is -0.117. The molecule has 24 heavy (non-hydrogen) atoms. The van der Waals surface area contributed by atoms with Gasteiger partial charge in [-0.15, -0.1) is 0 Å². The van der Waals surface area contributed by atoms with Gasteiger partial charge in [-0.05, 0) is 49.6 Å². The van der Waals surface area contributed by atoms with Crippen molar-refractivity contribution >= 4 is 23.4 Å². The summed E-state index contributed by atoms with van der Waals surface area (Å²) in [6.45, 7) is 4.40. The van der Waals surface area contributed by atoms with Crippen molar-refractivity contribution in [2.45, 2.75) is 20.3 Å². The molecule has 6 heteroatoms. The van der Waals surface area contributed by atoms with Crippen molar-refractivity contribution in [1.82, 2.24) is 10.3 Å². The molecule has 0 saturated heterocycles. The van der Waals surface area contributed by atoms with Gasteiger partial charge in [0.05, 0.1) is 6.54 Å². The Morgan fingerprint density at radius 2 is 2.00 bits per heavy atom. The Hall–Kier alpha value is -2.89. The first-order valence-electron chi connectivity index (χ1n) is 7.91. The number of nitrogens with one attached hydrogen (secondary N) is 2. The van der Waals surface area contributed by atoms with E-state index in [-0.39, 0.29) is 12.5 Å². The number of hydrogen-bond donors (Lipinski definition) is 2. The first-order valence-corrected chi connectivity index (χ1v) is 7.91. The van der Waals surface area contributed by atoms with Gasteiger partial charge >= 0.3 is 6.03 Å². The Labute approximate surface area is 140 Å². The van der Waals surface area contributed by atoms with Crippen molar-refractivity contribution in [2.75, 3.05) is 23.3 Å². The highest BCUT2D eigenvalue weighted by atomic mass is 16.2. The smallest absolute Gasteiger partial charge is 0.320 e. The average Bonchev–Trinajstić information content (AvgIpc) is 2.95. The van der Waals surface area contributed by atoms with Crippen LogP contribution in [0.4, 0.5) is 16.3 Å². The maximum atomic E-state index is 12.3. The Kier molecular flexibility index (Phi) is 4.46. The molecule has 1 aromatic carbocycles. The quantitative estimate of drug-likeness (QED) is 0.910. The van der Waals surface area contributed by atoms with E-state index in [9.17, 15) is 9.59 Å². The topological polar surface area (TPSA) is 74.3 Å². The van der Waals surface area contributed by atoms with Crippen LogP contribution in [0.5, 0.6) is 0 Å². The summed E-state index contributed by atoms with van der Waals surface area (Å²) in [5, 5.41) is 5.25. The number of aromatic nitrogens is 1. The second-order valence-electron chi connectivity index (χ2n) is 5.90. The third-order valence-corrected chi connectivity index (χ3v) is 3.93. The molecule has 1 aromatic heterocycles. The van der Waals surface area contributed by atoms with Gasteiger partial charge in [0.15, 0.2) is 0 Å². The first-order chi connectivity index (χ1) is 11.5. The molecule has 6 nitrogen and oxygen atoms in total. The molecule has 2 N–H and O–H groups in total. The summed E-state index contributed by atoms with van der Waals surface area (Å²) >= 11 is 0. The molecule has 0 fully saturated rings. The number of carbonyl (C=O) groups is 2. The number of urea groups is 1. The lowest BCUT2D eigenvalue weighted by Gasteiger charge is -2.17. The number of aryl methyl sites for hydroxylation is 2. The molecule has 0 radical (unpaired) electrons. The highest BCUT2D eigenvalue weighted by Gasteiger charge is 2.24. The Balaban J connectivity index is 1.56. The summed E-state index contributed by atoms with van der Waals surface area (Å²) in [7, 11) is 0. The Bertz CT molecular complexity index is 768. The van der Waals surface area contributed by atoms with Gasteiger partial charge in [-0.25, -0.2) is 9.78 Å². The molecule has 0 unspecified atom stereocenters. The van der Waals surface area contributed by atoms with Crippen LogP contribution in [0.25, 0.3) is 0 Å². The minimum atomic E-state index is -0.437. The van der Waals surface area contributed by atoms with Gasteiger partial charge in [-0.3, -0.25) is 10.1 Å². The number of rotatable bonds is 3. The molecule has 2 heterocycles. The van der Waals surface area contributed by atoms with Crippen LogP contribution in [0, 0.1) is 13.8 Å². The molecule has 2 aromatic rings. The van der Waals surface area contributed by atoms with Crippen molar-refractivity contribution in [3.63, 3.8) is 0 Å². The molecular weight excluding hydrogens is 304 g/mol. The summed E-state index contributed by atoms with van der Waals surface area (Å²) in [4.78, 5) is 30.3. The van der Waals surface area contributed by atoms with Crippen molar-refractivity contribution < 1.29 is 9.59 Å². The van der Waals surface area contributed by atoms with Crippen molar-refractivity contribution in [3.8, 4) is 0 Å². The SMILES string of the molecule is Cc1cc(C)nc(NC(=O)NCC(=O)N2CCc3ccccc32)c1. The summed E-state index contributed by atoms with van der Waals surface area (Å²) in [5.41, 5.74) is 3.94. The van der Waals surface area contributed by atoms with Gasteiger partial charge in [0.2, 0.25) is 5.91 Å². The molecule has 0 spiro atoms.